The van der Waals surface area contributed by atoms with Crippen molar-refractivity contribution < 1.29 is 5.11 Å². The summed E-state index contributed by atoms with van der Waals surface area (Å²) >= 11 is 0. The van der Waals surface area contributed by atoms with Gasteiger partial charge in [0.25, 0.3) is 0 Å². The number of nitrogens with two attached hydrogens (primary N) is 2. The zero-order valence-electron chi connectivity index (χ0n) is 8.76. The third-order valence-corrected chi connectivity index (χ3v) is 2.57. The highest BCUT2D eigenvalue weighted by Gasteiger charge is 2.12. The molecule has 2 aromatic carbocycles. The lowest BCUT2D eigenvalue weighted by Gasteiger charge is -2.14. The first-order chi connectivity index (χ1) is 7.24. The molecule has 0 aliphatic rings. The van der Waals surface area contributed by atoms with Crippen LogP contribution in [0.2, 0.25) is 0 Å². The molecule has 0 fully saturated rings. The number of hydrogen-bond acceptors (Lipinski definition) is 3. The van der Waals surface area contributed by atoms with Gasteiger partial charge in [-0.05, 0) is 16.8 Å². The maximum Gasteiger partial charge on any atom is 0.121 e. The molecule has 0 heterocycles. The molecule has 86 valence electrons. The van der Waals surface area contributed by atoms with Crippen LogP contribution in [0.25, 0.3) is 10.8 Å². The van der Waals surface area contributed by atoms with Crippen LogP contribution >= 0.6 is 12.4 Å². The Balaban J connectivity index is 0.00000128. The van der Waals surface area contributed by atoms with Gasteiger partial charge in [-0.25, -0.2) is 0 Å². The van der Waals surface area contributed by atoms with Gasteiger partial charge in [0.2, 0.25) is 0 Å². The van der Waals surface area contributed by atoms with E-state index in [1.54, 1.807) is 6.07 Å². The van der Waals surface area contributed by atoms with Crippen molar-refractivity contribution in [2.45, 2.75) is 6.04 Å². The molecule has 1 atom stereocenters. The van der Waals surface area contributed by atoms with Crippen LogP contribution in [-0.2, 0) is 0 Å². The number of hydrogen-bond donors (Lipinski definition) is 3. The van der Waals surface area contributed by atoms with Gasteiger partial charge in [0.05, 0.1) is 0 Å². The second-order valence-electron chi connectivity index (χ2n) is 3.56. The number of fused-ring (bicyclic) bond motifs is 1. The van der Waals surface area contributed by atoms with Crippen LogP contribution in [-0.4, -0.2) is 11.7 Å². The molecule has 0 saturated heterocycles. The molecule has 0 aliphatic carbocycles. The molecule has 0 spiro atoms. The lowest BCUT2D eigenvalue weighted by atomic mass is 9.98. The summed E-state index contributed by atoms with van der Waals surface area (Å²) < 4.78 is 0. The lowest BCUT2D eigenvalue weighted by molar-refractivity contribution is 0.463. The summed E-state index contributed by atoms with van der Waals surface area (Å²) in [5, 5.41) is 11.8. The molecule has 0 aliphatic heterocycles. The molecule has 0 bridgehead atoms. The van der Waals surface area contributed by atoms with Crippen molar-refractivity contribution in [2.75, 3.05) is 6.54 Å². The Morgan fingerprint density at radius 1 is 1.12 bits per heavy atom. The molecule has 0 aromatic heterocycles. The Hall–Kier alpha value is -1.29. The van der Waals surface area contributed by atoms with Gasteiger partial charge in [0, 0.05) is 18.2 Å². The van der Waals surface area contributed by atoms with E-state index in [4.69, 9.17) is 11.5 Å². The standard InChI is InChI=1S/C12H14N2O.ClH/c13-7-10(14)12-9-4-2-1-3-8(9)5-6-11(12)15;/h1-6,10,15H,7,13-14H2;1H/t10-;/m0./s1. The topological polar surface area (TPSA) is 72.3 Å². The largest absolute Gasteiger partial charge is 0.508 e. The first-order valence-electron chi connectivity index (χ1n) is 4.90. The fourth-order valence-electron chi connectivity index (χ4n) is 1.79. The van der Waals surface area contributed by atoms with Gasteiger partial charge in [-0.3, -0.25) is 0 Å². The van der Waals surface area contributed by atoms with Crippen LogP contribution in [0.4, 0.5) is 0 Å². The monoisotopic (exact) mass is 238 g/mol. The molecular formula is C12H15ClN2O. The van der Waals surface area contributed by atoms with E-state index in [9.17, 15) is 5.11 Å². The van der Waals surface area contributed by atoms with Crippen LogP contribution in [0.3, 0.4) is 0 Å². The van der Waals surface area contributed by atoms with Gasteiger partial charge < -0.3 is 16.6 Å². The number of rotatable bonds is 2. The minimum Gasteiger partial charge on any atom is -0.508 e. The Morgan fingerprint density at radius 3 is 2.50 bits per heavy atom. The summed E-state index contributed by atoms with van der Waals surface area (Å²) in [6.07, 6.45) is 0. The van der Waals surface area contributed by atoms with Crippen molar-refractivity contribution in [3.63, 3.8) is 0 Å². The summed E-state index contributed by atoms with van der Waals surface area (Å²) in [7, 11) is 0. The third-order valence-electron chi connectivity index (χ3n) is 2.57. The molecule has 0 amide bonds. The predicted molar refractivity (Wildman–Crippen MR) is 68.8 cm³/mol. The molecule has 5 N–H and O–H groups in total. The van der Waals surface area contributed by atoms with E-state index in [1.807, 2.05) is 30.3 Å². The fourth-order valence-corrected chi connectivity index (χ4v) is 1.79. The zero-order chi connectivity index (χ0) is 10.8. The highest BCUT2D eigenvalue weighted by molar-refractivity contribution is 5.88. The van der Waals surface area contributed by atoms with Gasteiger partial charge in [0.1, 0.15) is 5.75 Å². The molecule has 0 radical (unpaired) electrons. The summed E-state index contributed by atoms with van der Waals surface area (Å²) in [5.74, 6) is 0.214. The third kappa shape index (κ3) is 2.11. The van der Waals surface area contributed by atoms with Crippen molar-refractivity contribution in [3.05, 3.63) is 42.0 Å². The molecule has 2 aromatic rings. The summed E-state index contributed by atoms with van der Waals surface area (Å²) in [4.78, 5) is 0. The summed E-state index contributed by atoms with van der Waals surface area (Å²) in [5.41, 5.74) is 12.1. The minimum absolute atomic E-state index is 0. The van der Waals surface area contributed by atoms with E-state index in [0.29, 0.717) is 6.54 Å². The highest BCUT2D eigenvalue weighted by Crippen LogP contribution is 2.30. The first kappa shape index (κ1) is 12.8. The second-order valence-corrected chi connectivity index (χ2v) is 3.56. The second kappa shape index (κ2) is 5.16. The number of benzene rings is 2. The molecule has 2 rings (SSSR count). The fraction of sp³-hybridized carbons (Fsp3) is 0.167. The summed E-state index contributed by atoms with van der Waals surface area (Å²) in [6.45, 7) is 0.321. The normalized spacial score (nSPS) is 12.1. The molecular weight excluding hydrogens is 224 g/mol. The smallest absolute Gasteiger partial charge is 0.121 e. The van der Waals surface area contributed by atoms with E-state index in [-0.39, 0.29) is 24.2 Å². The van der Waals surface area contributed by atoms with Crippen LogP contribution in [0.15, 0.2) is 36.4 Å². The van der Waals surface area contributed by atoms with Gasteiger partial charge in [-0.2, -0.15) is 0 Å². The molecule has 3 nitrogen and oxygen atoms in total. The van der Waals surface area contributed by atoms with Gasteiger partial charge in [-0.15, -0.1) is 12.4 Å². The Bertz CT molecular complexity index is 487. The van der Waals surface area contributed by atoms with Gasteiger partial charge in [0.15, 0.2) is 0 Å². The van der Waals surface area contributed by atoms with E-state index in [2.05, 4.69) is 0 Å². The maximum absolute atomic E-state index is 9.77. The number of aromatic hydroxyl groups is 1. The number of halogens is 1. The van der Waals surface area contributed by atoms with Crippen LogP contribution < -0.4 is 11.5 Å². The van der Waals surface area contributed by atoms with E-state index < -0.39 is 0 Å². The Morgan fingerprint density at radius 2 is 1.81 bits per heavy atom. The Kier molecular flexibility index (Phi) is 4.12. The van der Waals surface area contributed by atoms with Crippen molar-refractivity contribution in [1.29, 1.82) is 0 Å². The van der Waals surface area contributed by atoms with E-state index in [0.717, 1.165) is 16.3 Å². The van der Waals surface area contributed by atoms with Crippen LogP contribution in [0, 0.1) is 0 Å². The molecule has 0 unspecified atom stereocenters. The van der Waals surface area contributed by atoms with Gasteiger partial charge in [-0.1, -0.05) is 30.3 Å². The van der Waals surface area contributed by atoms with E-state index in [1.165, 1.54) is 0 Å². The first-order valence-corrected chi connectivity index (χ1v) is 4.90. The summed E-state index contributed by atoms with van der Waals surface area (Å²) in [6, 6.07) is 11.0. The SMILES string of the molecule is Cl.NC[C@H](N)c1c(O)ccc2ccccc12. The van der Waals surface area contributed by atoms with Crippen molar-refractivity contribution in [1.82, 2.24) is 0 Å². The lowest BCUT2D eigenvalue weighted by Crippen LogP contribution is -2.21. The Labute approximate surface area is 100 Å². The van der Waals surface area contributed by atoms with Crippen LogP contribution in [0.5, 0.6) is 5.75 Å². The highest BCUT2D eigenvalue weighted by atomic mass is 35.5. The van der Waals surface area contributed by atoms with Crippen LogP contribution in [0.1, 0.15) is 11.6 Å². The average molecular weight is 239 g/mol. The zero-order valence-corrected chi connectivity index (χ0v) is 9.58. The quantitative estimate of drug-likeness (QED) is 0.749. The maximum atomic E-state index is 9.77. The van der Waals surface area contributed by atoms with E-state index >= 15 is 0 Å². The molecule has 16 heavy (non-hydrogen) atoms. The number of phenols is 1. The van der Waals surface area contributed by atoms with Gasteiger partial charge >= 0.3 is 0 Å². The van der Waals surface area contributed by atoms with Crippen molar-refractivity contribution in [2.24, 2.45) is 11.5 Å². The van der Waals surface area contributed by atoms with Crippen molar-refractivity contribution in [3.8, 4) is 5.75 Å². The molecule has 0 saturated carbocycles. The van der Waals surface area contributed by atoms with Crippen molar-refractivity contribution >= 4 is 23.2 Å². The minimum atomic E-state index is -0.323. The predicted octanol–water partition coefficient (Wildman–Crippen LogP) is 1.93. The average Bonchev–Trinajstić information content (AvgIpc) is 2.28. The number of phenolic OH excluding ortho intramolecular Hbond substituents is 1. The molecule has 4 heteroatoms.